The van der Waals surface area contributed by atoms with E-state index in [4.69, 9.17) is 0 Å². The van der Waals surface area contributed by atoms with Crippen molar-refractivity contribution in [2.45, 2.75) is 39.5 Å². The minimum atomic E-state index is -3.77. The Morgan fingerprint density at radius 2 is 1.12 bits per heavy atom. The lowest BCUT2D eigenvalue weighted by Crippen LogP contribution is -2.14. The molecule has 0 radical (unpaired) electrons. The van der Waals surface area contributed by atoms with Gasteiger partial charge in [0.15, 0.2) is 10.1 Å². The van der Waals surface area contributed by atoms with E-state index in [1.54, 1.807) is 12.5 Å². The van der Waals surface area contributed by atoms with Crippen LogP contribution >= 0.6 is 23.5 Å². The monoisotopic (exact) mass is 420 g/mol. The average molecular weight is 421 g/mol. The molecule has 0 N–H and O–H groups in total. The molecule has 0 saturated carbocycles. The van der Waals surface area contributed by atoms with E-state index in [1.807, 2.05) is 13.8 Å². The molecule has 0 rings (SSSR count). The lowest BCUT2D eigenvalue weighted by molar-refractivity contribution is 0.335. The summed E-state index contributed by atoms with van der Waals surface area (Å²) in [5, 5.41) is 7.37. The number of oxime groups is 2. The maximum absolute atomic E-state index is 11.6. The normalized spacial score (nSPS) is 13.8. The third-order valence-electron chi connectivity index (χ3n) is 2.53. The SMILES string of the molecule is CCCCS(=O)(=O)O/N=C(SC)\C(=N/OS(=O)(=O)CCCC)SC. The first-order valence-corrected chi connectivity index (χ1v) is 12.9. The molecule has 0 aromatic carbocycles. The number of thioether (sulfide) groups is 2. The van der Waals surface area contributed by atoms with Crippen molar-refractivity contribution >= 4 is 53.8 Å². The molecule has 0 aliphatic rings. The zero-order valence-corrected chi connectivity index (χ0v) is 17.5. The lowest BCUT2D eigenvalue weighted by atomic mass is 10.4. The number of hydrogen-bond donors (Lipinski definition) is 0. The van der Waals surface area contributed by atoms with Gasteiger partial charge in [-0.25, -0.2) is 0 Å². The molecule has 0 aliphatic carbocycles. The van der Waals surface area contributed by atoms with Crippen molar-refractivity contribution in [1.82, 2.24) is 0 Å². The van der Waals surface area contributed by atoms with Crippen LogP contribution in [0.5, 0.6) is 0 Å². The molecule has 0 saturated heterocycles. The molecular weight excluding hydrogens is 396 g/mol. The summed E-state index contributed by atoms with van der Waals surface area (Å²) in [5.74, 6) is -0.273. The van der Waals surface area contributed by atoms with Gasteiger partial charge in [-0.3, -0.25) is 8.57 Å². The standard InChI is InChI=1S/C12H24N2O6S4/c1-5-7-9-23(15,16)19-13-11(21-3)12(22-4)14-20-24(17,18)10-8-6-2/h5-10H2,1-4H3/b13-11+,14-12+. The lowest BCUT2D eigenvalue weighted by Gasteiger charge is -2.06. The van der Waals surface area contributed by atoms with Gasteiger partial charge < -0.3 is 0 Å². The van der Waals surface area contributed by atoms with Gasteiger partial charge in [0.2, 0.25) is 0 Å². The molecule has 0 aromatic rings. The second-order valence-corrected chi connectivity index (χ2v) is 9.52. The Bertz CT molecular complexity index is 572. The highest BCUT2D eigenvalue weighted by atomic mass is 32.2. The number of rotatable bonds is 10. The van der Waals surface area contributed by atoms with Crippen LogP contribution < -0.4 is 0 Å². The molecule has 0 unspecified atom stereocenters. The van der Waals surface area contributed by atoms with Gasteiger partial charge in [-0.1, -0.05) is 37.0 Å². The summed E-state index contributed by atoms with van der Waals surface area (Å²) in [5.41, 5.74) is 0. The third-order valence-corrected chi connectivity index (χ3v) is 6.15. The van der Waals surface area contributed by atoms with Crippen molar-refractivity contribution in [2.24, 2.45) is 10.3 Å². The number of nitrogens with zero attached hydrogens (tertiary/aromatic N) is 2. The Balaban J connectivity index is 5.09. The Labute approximate surface area is 153 Å². The van der Waals surface area contributed by atoms with E-state index in [1.165, 1.54) is 0 Å². The largest absolute Gasteiger partial charge is 0.328 e. The highest BCUT2D eigenvalue weighted by molar-refractivity contribution is 8.24. The van der Waals surface area contributed by atoms with Gasteiger partial charge in [0.25, 0.3) is 0 Å². The summed E-state index contributed by atoms with van der Waals surface area (Å²) >= 11 is 2.14. The average Bonchev–Trinajstić information content (AvgIpc) is 2.54. The van der Waals surface area contributed by atoms with Gasteiger partial charge in [0.05, 0.1) is 11.5 Å². The van der Waals surface area contributed by atoms with Gasteiger partial charge in [-0.2, -0.15) is 16.8 Å². The molecule has 142 valence electrons. The Morgan fingerprint density at radius 1 is 0.792 bits per heavy atom. The van der Waals surface area contributed by atoms with E-state index in [0.717, 1.165) is 23.5 Å². The first-order valence-electron chi connectivity index (χ1n) is 7.28. The molecule has 8 nitrogen and oxygen atoms in total. The van der Waals surface area contributed by atoms with Crippen LogP contribution in [0.25, 0.3) is 0 Å². The Morgan fingerprint density at radius 3 is 1.38 bits per heavy atom. The Hall–Kier alpha value is -0.460. The summed E-state index contributed by atoms with van der Waals surface area (Å²) in [6.45, 7) is 3.72. The van der Waals surface area contributed by atoms with Gasteiger partial charge in [-0.05, 0) is 25.4 Å². The van der Waals surface area contributed by atoms with E-state index in [9.17, 15) is 16.8 Å². The molecule has 0 atom stereocenters. The fraction of sp³-hybridized carbons (Fsp3) is 0.833. The second-order valence-electron chi connectivity index (χ2n) is 4.58. The third kappa shape index (κ3) is 10.4. The van der Waals surface area contributed by atoms with Crippen molar-refractivity contribution < 1.29 is 25.4 Å². The summed E-state index contributed by atoms with van der Waals surface area (Å²) in [6, 6.07) is 0. The van der Waals surface area contributed by atoms with Crippen LogP contribution in [0.4, 0.5) is 0 Å². The van der Waals surface area contributed by atoms with Gasteiger partial charge >= 0.3 is 20.2 Å². The maximum Gasteiger partial charge on any atom is 0.328 e. The van der Waals surface area contributed by atoms with E-state index >= 15 is 0 Å². The molecule has 0 bridgehead atoms. The van der Waals surface area contributed by atoms with E-state index in [2.05, 4.69) is 18.9 Å². The fourth-order valence-corrected chi connectivity index (χ4v) is 4.28. The molecule has 0 spiro atoms. The predicted molar refractivity (Wildman–Crippen MR) is 101 cm³/mol. The van der Waals surface area contributed by atoms with Crippen LogP contribution in [-0.4, -0.2) is 50.9 Å². The summed E-state index contributed by atoms with van der Waals surface area (Å²) in [4.78, 5) is 0. The predicted octanol–water partition coefficient (Wildman–Crippen LogP) is 2.63. The topological polar surface area (TPSA) is 111 Å². The highest BCUT2D eigenvalue weighted by Gasteiger charge is 2.16. The molecule has 24 heavy (non-hydrogen) atoms. The molecule has 0 amide bonds. The summed E-state index contributed by atoms with van der Waals surface area (Å²) in [7, 11) is -7.54. The van der Waals surface area contributed by atoms with Gasteiger partial charge in [0.1, 0.15) is 0 Å². The van der Waals surface area contributed by atoms with Crippen LogP contribution in [0.2, 0.25) is 0 Å². The minimum Gasteiger partial charge on any atom is -0.267 e. The highest BCUT2D eigenvalue weighted by Crippen LogP contribution is 2.13. The number of unbranched alkanes of at least 4 members (excludes halogenated alkanes) is 2. The summed E-state index contributed by atoms with van der Waals surface area (Å²) < 4.78 is 55.8. The van der Waals surface area contributed by atoms with Crippen molar-refractivity contribution in [2.75, 3.05) is 24.0 Å². The van der Waals surface area contributed by atoms with Crippen molar-refractivity contribution in [3.8, 4) is 0 Å². The smallest absolute Gasteiger partial charge is 0.267 e. The zero-order valence-electron chi connectivity index (χ0n) is 14.2. The summed E-state index contributed by atoms with van der Waals surface area (Å²) in [6.07, 6.45) is 5.63. The fourth-order valence-electron chi connectivity index (χ4n) is 1.23. The van der Waals surface area contributed by atoms with Crippen LogP contribution in [0, 0.1) is 0 Å². The van der Waals surface area contributed by atoms with Crippen LogP contribution in [-0.2, 0) is 28.8 Å². The minimum absolute atomic E-state index is 0.119. The van der Waals surface area contributed by atoms with Crippen molar-refractivity contribution in [1.29, 1.82) is 0 Å². The van der Waals surface area contributed by atoms with Crippen LogP contribution in [0.15, 0.2) is 10.3 Å². The second kappa shape index (κ2) is 12.0. The Kier molecular flexibility index (Phi) is 11.8. The van der Waals surface area contributed by atoms with Gasteiger partial charge in [-0.15, -0.1) is 23.5 Å². The van der Waals surface area contributed by atoms with E-state index in [-0.39, 0.29) is 21.6 Å². The molecule has 0 fully saturated rings. The van der Waals surface area contributed by atoms with E-state index in [0.29, 0.717) is 25.7 Å². The van der Waals surface area contributed by atoms with Crippen LogP contribution in [0.1, 0.15) is 39.5 Å². The molecule has 0 aromatic heterocycles. The van der Waals surface area contributed by atoms with Crippen molar-refractivity contribution in [3.63, 3.8) is 0 Å². The molecular formula is C12H24N2O6S4. The van der Waals surface area contributed by atoms with E-state index < -0.39 is 20.2 Å². The maximum atomic E-state index is 11.6. The van der Waals surface area contributed by atoms with Crippen LogP contribution in [0.3, 0.4) is 0 Å². The molecule has 12 heteroatoms. The number of hydrogen-bond acceptors (Lipinski definition) is 10. The first-order chi connectivity index (χ1) is 11.2. The first kappa shape index (κ1) is 23.5. The zero-order chi connectivity index (χ0) is 18.6. The van der Waals surface area contributed by atoms with Crippen molar-refractivity contribution in [3.05, 3.63) is 0 Å². The van der Waals surface area contributed by atoms with Gasteiger partial charge in [0, 0.05) is 0 Å². The molecule has 0 heterocycles. The quantitative estimate of drug-likeness (QED) is 0.301. The molecule has 0 aliphatic heterocycles.